The normalized spacial score (nSPS) is 37.0. The smallest absolute Gasteiger partial charge is 0.329 e. The number of likely N-dealkylation sites (tertiary alicyclic amines) is 1. The molecule has 8 nitrogen and oxygen atoms in total. The van der Waals surface area contributed by atoms with E-state index in [4.69, 9.17) is 9.26 Å². The molecule has 4 aliphatic carbocycles. The van der Waals surface area contributed by atoms with Gasteiger partial charge < -0.3 is 19.3 Å². The molecule has 1 aromatic heterocycles. The molecular weight excluding hydrogens is 410 g/mol. The maximum Gasteiger partial charge on any atom is 0.329 e. The predicted octanol–water partition coefficient (Wildman–Crippen LogP) is 3.15. The Morgan fingerprint density at radius 2 is 1.72 bits per heavy atom. The minimum atomic E-state index is -0.766. The van der Waals surface area contributed by atoms with Crippen molar-refractivity contribution in [2.24, 2.45) is 23.2 Å². The molecule has 3 atom stereocenters. The third-order valence-corrected chi connectivity index (χ3v) is 8.06. The number of carbonyl (C=O) groups excluding carboxylic acids is 2. The summed E-state index contributed by atoms with van der Waals surface area (Å²) in [4.78, 5) is 32.9. The Morgan fingerprint density at radius 1 is 1.12 bits per heavy atom. The molecule has 2 heterocycles. The lowest BCUT2D eigenvalue weighted by atomic mass is 9.49. The quantitative estimate of drug-likeness (QED) is 0.710. The average Bonchev–Trinajstić information content (AvgIpc) is 3.33. The molecule has 1 saturated heterocycles. The van der Waals surface area contributed by atoms with E-state index in [0.29, 0.717) is 23.6 Å². The Hall–Kier alpha value is -1.96. The van der Waals surface area contributed by atoms with Crippen LogP contribution in [0.15, 0.2) is 4.52 Å². The van der Waals surface area contributed by atoms with E-state index in [-0.39, 0.29) is 35.6 Å². The van der Waals surface area contributed by atoms with Crippen LogP contribution in [0.4, 0.5) is 0 Å². The molecule has 1 aliphatic heterocycles. The SMILES string of the molecule is CC(OC(=O)[C@@H]1CC(O)CN1C(=O)C12CC3CC(CC(C3)C1)C2)c1nc(C(C)(C)C)no1. The molecule has 0 aromatic carbocycles. The number of hydrogen-bond acceptors (Lipinski definition) is 7. The maximum absolute atomic E-state index is 13.8. The van der Waals surface area contributed by atoms with Gasteiger partial charge in [0.2, 0.25) is 5.91 Å². The first-order chi connectivity index (χ1) is 15.0. The summed E-state index contributed by atoms with van der Waals surface area (Å²) in [6, 6.07) is -0.766. The van der Waals surface area contributed by atoms with Crippen LogP contribution in [0.2, 0.25) is 0 Å². The van der Waals surface area contributed by atoms with Crippen LogP contribution in [-0.4, -0.2) is 50.7 Å². The second-order valence-electron chi connectivity index (χ2n) is 11.8. The molecule has 1 N–H and O–H groups in total. The highest BCUT2D eigenvalue weighted by molar-refractivity contribution is 5.89. The number of carbonyl (C=O) groups is 2. The summed E-state index contributed by atoms with van der Waals surface area (Å²) in [6.07, 6.45) is 5.31. The second-order valence-corrected chi connectivity index (χ2v) is 11.8. The first-order valence-electron chi connectivity index (χ1n) is 12.1. The number of amides is 1. The van der Waals surface area contributed by atoms with Gasteiger partial charge in [-0.15, -0.1) is 0 Å². The molecule has 0 radical (unpaired) electrons. The fourth-order valence-corrected chi connectivity index (χ4v) is 6.95. The maximum atomic E-state index is 13.8. The third-order valence-electron chi connectivity index (χ3n) is 8.06. The van der Waals surface area contributed by atoms with E-state index in [2.05, 4.69) is 10.1 Å². The minimum absolute atomic E-state index is 0.0514. The zero-order valence-corrected chi connectivity index (χ0v) is 19.5. The monoisotopic (exact) mass is 445 g/mol. The molecule has 176 valence electrons. The number of rotatable bonds is 4. The average molecular weight is 446 g/mol. The summed E-state index contributed by atoms with van der Waals surface area (Å²) in [5.74, 6) is 2.23. The standard InChI is InChI=1S/C24H35N3O5/c1-13(19-25-21(26-32-19)23(2,3)4)31-20(29)18-8-17(28)12-27(18)22(30)24-9-14-5-15(10-24)7-16(6-14)11-24/h13-18,28H,5-12H2,1-4H3/t13?,14?,15?,16?,17?,18-,24?/m0/s1. The molecule has 5 aliphatic rings. The van der Waals surface area contributed by atoms with E-state index >= 15 is 0 Å². The summed E-state index contributed by atoms with van der Waals surface area (Å²) in [5.41, 5.74) is -0.626. The number of ether oxygens (including phenoxy) is 1. The van der Waals surface area contributed by atoms with Crippen molar-refractivity contribution in [2.75, 3.05) is 6.54 Å². The van der Waals surface area contributed by atoms with Crippen LogP contribution < -0.4 is 0 Å². The van der Waals surface area contributed by atoms with Crippen LogP contribution in [0, 0.1) is 23.2 Å². The lowest BCUT2D eigenvalue weighted by molar-refractivity contribution is -0.168. The molecule has 2 unspecified atom stereocenters. The number of hydrogen-bond donors (Lipinski definition) is 1. The first kappa shape index (κ1) is 21.9. The van der Waals surface area contributed by atoms with Gasteiger partial charge in [0.1, 0.15) is 6.04 Å². The number of aliphatic hydroxyl groups excluding tert-OH is 1. The molecule has 0 spiro atoms. The fraction of sp³-hybridized carbons (Fsp3) is 0.833. The van der Waals surface area contributed by atoms with E-state index in [1.807, 2.05) is 20.8 Å². The number of aliphatic hydroxyl groups is 1. The van der Waals surface area contributed by atoms with Crippen molar-refractivity contribution in [3.63, 3.8) is 0 Å². The van der Waals surface area contributed by atoms with Gasteiger partial charge in [-0.2, -0.15) is 4.98 Å². The van der Waals surface area contributed by atoms with Crippen LogP contribution in [-0.2, 0) is 19.7 Å². The van der Waals surface area contributed by atoms with Gasteiger partial charge >= 0.3 is 5.97 Å². The van der Waals surface area contributed by atoms with Gasteiger partial charge in [0.15, 0.2) is 11.9 Å². The zero-order chi connectivity index (χ0) is 22.8. The Bertz CT molecular complexity index is 868. The van der Waals surface area contributed by atoms with Crippen LogP contribution >= 0.6 is 0 Å². The zero-order valence-electron chi connectivity index (χ0n) is 19.5. The summed E-state index contributed by atoms with van der Waals surface area (Å²) in [7, 11) is 0. The van der Waals surface area contributed by atoms with Crippen molar-refractivity contribution in [3.05, 3.63) is 11.7 Å². The van der Waals surface area contributed by atoms with E-state index in [0.717, 1.165) is 19.3 Å². The number of β-amino-alcohol motifs (C(OH)–C–C–N with tert-alkyl or cyclic N) is 1. The molecule has 4 bridgehead atoms. The van der Waals surface area contributed by atoms with Crippen LogP contribution in [0.5, 0.6) is 0 Å². The van der Waals surface area contributed by atoms with E-state index in [9.17, 15) is 14.7 Å². The van der Waals surface area contributed by atoms with E-state index < -0.39 is 24.2 Å². The van der Waals surface area contributed by atoms with Crippen molar-refractivity contribution in [3.8, 4) is 0 Å². The lowest BCUT2D eigenvalue weighted by Gasteiger charge is -2.56. The van der Waals surface area contributed by atoms with E-state index in [1.165, 1.54) is 19.3 Å². The van der Waals surface area contributed by atoms with Crippen LogP contribution in [0.25, 0.3) is 0 Å². The molecular formula is C24H35N3O5. The Labute approximate surface area is 189 Å². The third kappa shape index (κ3) is 3.74. The van der Waals surface area contributed by atoms with Gasteiger partial charge in [0.05, 0.1) is 11.5 Å². The first-order valence-corrected chi connectivity index (χ1v) is 12.1. The van der Waals surface area contributed by atoms with Crippen molar-refractivity contribution in [1.82, 2.24) is 15.0 Å². The van der Waals surface area contributed by atoms with Crippen molar-refractivity contribution < 1.29 is 24.0 Å². The minimum Gasteiger partial charge on any atom is -0.451 e. The Kier molecular flexibility index (Phi) is 5.15. The number of esters is 1. The highest BCUT2D eigenvalue weighted by atomic mass is 16.6. The Morgan fingerprint density at radius 3 is 2.25 bits per heavy atom. The van der Waals surface area contributed by atoms with Gasteiger partial charge in [0, 0.05) is 18.4 Å². The van der Waals surface area contributed by atoms with Gasteiger partial charge in [-0.05, 0) is 63.2 Å². The number of nitrogens with zero attached hydrogens (tertiary/aromatic N) is 3. The van der Waals surface area contributed by atoms with Gasteiger partial charge in [-0.25, -0.2) is 4.79 Å². The van der Waals surface area contributed by atoms with Crippen molar-refractivity contribution in [2.45, 2.75) is 96.3 Å². The Balaban J connectivity index is 1.30. The van der Waals surface area contributed by atoms with Crippen molar-refractivity contribution >= 4 is 11.9 Å². The van der Waals surface area contributed by atoms with Crippen LogP contribution in [0.1, 0.15) is 90.5 Å². The lowest BCUT2D eigenvalue weighted by Crippen LogP contribution is -2.56. The molecule has 8 heteroatoms. The highest BCUT2D eigenvalue weighted by Gasteiger charge is 2.57. The molecule has 1 amide bonds. The van der Waals surface area contributed by atoms with Crippen LogP contribution in [0.3, 0.4) is 0 Å². The predicted molar refractivity (Wildman–Crippen MR) is 114 cm³/mol. The molecule has 32 heavy (non-hydrogen) atoms. The van der Waals surface area contributed by atoms with Gasteiger partial charge in [-0.3, -0.25) is 4.79 Å². The fourth-order valence-electron chi connectivity index (χ4n) is 6.95. The molecule has 5 fully saturated rings. The highest BCUT2D eigenvalue weighted by Crippen LogP contribution is 2.60. The molecule has 4 saturated carbocycles. The molecule has 6 rings (SSSR count). The van der Waals surface area contributed by atoms with Gasteiger partial charge in [0.25, 0.3) is 5.89 Å². The van der Waals surface area contributed by atoms with Gasteiger partial charge in [-0.1, -0.05) is 25.9 Å². The summed E-state index contributed by atoms with van der Waals surface area (Å²) >= 11 is 0. The number of aromatic nitrogens is 2. The van der Waals surface area contributed by atoms with Crippen molar-refractivity contribution in [1.29, 1.82) is 0 Å². The van der Waals surface area contributed by atoms with E-state index in [1.54, 1.807) is 11.8 Å². The molecule has 1 aromatic rings. The summed E-state index contributed by atoms with van der Waals surface area (Å²) in [5, 5.41) is 14.3. The summed E-state index contributed by atoms with van der Waals surface area (Å²) in [6.45, 7) is 7.82. The largest absolute Gasteiger partial charge is 0.451 e. The second kappa shape index (κ2) is 7.54. The summed E-state index contributed by atoms with van der Waals surface area (Å²) < 4.78 is 11.0. The topological polar surface area (TPSA) is 106 Å².